The number of rotatable bonds is 6. The van der Waals surface area contributed by atoms with Crippen molar-refractivity contribution >= 4 is 0 Å². The third-order valence-corrected chi connectivity index (χ3v) is 3.10. The average molecular weight is 233 g/mol. The van der Waals surface area contributed by atoms with Crippen LogP contribution >= 0.6 is 0 Å². The van der Waals surface area contributed by atoms with E-state index >= 15 is 0 Å². The molecular weight excluding hydrogens is 210 g/mol. The third kappa shape index (κ3) is 4.24. The molecule has 1 aromatic heterocycles. The highest BCUT2D eigenvalue weighted by molar-refractivity contribution is 5.14. The van der Waals surface area contributed by atoms with Gasteiger partial charge >= 0.3 is 0 Å². The van der Waals surface area contributed by atoms with Gasteiger partial charge in [-0.05, 0) is 38.3 Å². The molecule has 0 aliphatic rings. The van der Waals surface area contributed by atoms with Crippen LogP contribution in [0.15, 0.2) is 18.5 Å². The summed E-state index contributed by atoms with van der Waals surface area (Å²) >= 11 is 0. The van der Waals surface area contributed by atoms with Gasteiger partial charge in [0, 0.05) is 25.0 Å². The molecule has 3 heteroatoms. The molecule has 0 aliphatic carbocycles. The normalized spacial score (nSPS) is 13.4. The van der Waals surface area contributed by atoms with Crippen LogP contribution in [0, 0.1) is 16.7 Å². The Kier molecular flexibility index (Phi) is 4.77. The maximum absolute atomic E-state index is 8.96. The number of nitriles is 1. The predicted octanol–water partition coefficient (Wildman–Crippen LogP) is 3.23. The highest BCUT2D eigenvalue weighted by atomic mass is 14.9. The standard InChI is InChI=1S/C14H23N3/c1-4-5-13(16)12-6-8-17(10-12)9-7-14(2,3)11-15/h6,8,10,13H,4-5,7,9,16H2,1-3H3. The number of aryl methyl sites for hydroxylation is 1. The molecule has 0 radical (unpaired) electrons. The molecule has 2 N–H and O–H groups in total. The molecule has 0 saturated carbocycles. The fourth-order valence-electron chi connectivity index (χ4n) is 1.76. The van der Waals surface area contributed by atoms with Gasteiger partial charge in [0.05, 0.1) is 11.5 Å². The van der Waals surface area contributed by atoms with Gasteiger partial charge in [0.2, 0.25) is 0 Å². The van der Waals surface area contributed by atoms with Crippen molar-refractivity contribution in [2.75, 3.05) is 0 Å². The van der Waals surface area contributed by atoms with Crippen molar-refractivity contribution in [3.8, 4) is 6.07 Å². The zero-order valence-corrected chi connectivity index (χ0v) is 11.1. The number of nitrogens with two attached hydrogens (primary N) is 1. The lowest BCUT2D eigenvalue weighted by Crippen LogP contribution is -2.12. The summed E-state index contributed by atoms with van der Waals surface area (Å²) in [6.07, 6.45) is 7.15. The van der Waals surface area contributed by atoms with Crippen LogP contribution in [0.4, 0.5) is 0 Å². The van der Waals surface area contributed by atoms with Crippen LogP contribution in [-0.4, -0.2) is 4.57 Å². The van der Waals surface area contributed by atoms with Gasteiger partial charge in [0.25, 0.3) is 0 Å². The van der Waals surface area contributed by atoms with Gasteiger partial charge in [-0.2, -0.15) is 5.26 Å². The summed E-state index contributed by atoms with van der Waals surface area (Å²) in [7, 11) is 0. The van der Waals surface area contributed by atoms with Gasteiger partial charge in [-0.1, -0.05) is 13.3 Å². The second kappa shape index (κ2) is 5.88. The Bertz CT molecular complexity index is 384. The maximum atomic E-state index is 8.96. The molecule has 0 fully saturated rings. The second-order valence-electron chi connectivity index (χ2n) is 5.32. The quantitative estimate of drug-likeness (QED) is 0.820. The number of hydrogen-bond donors (Lipinski definition) is 1. The van der Waals surface area contributed by atoms with Crippen LogP contribution in [0.5, 0.6) is 0 Å². The number of aromatic nitrogens is 1. The molecule has 94 valence electrons. The Morgan fingerprint density at radius 1 is 1.53 bits per heavy atom. The SMILES string of the molecule is CCCC(N)c1ccn(CCC(C)(C)C#N)c1. The first-order chi connectivity index (χ1) is 7.98. The average Bonchev–Trinajstić information content (AvgIpc) is 2.76. The minimum Gasteiger partial charge on any atom is -0.354 e. The van der Waals surface area contributed by atoms with Crippen molar-refractivity contribution in [2.45, 2.75) is 52.6 Å². The van der Waals surface area contributed by atoms with Gasteiger partial charge < -0.3 is 10.3 Å². The fraction of sp³-hybridized carbons (Fsp3) is 0.643. The van der Waals surface area contributed by atoms with E-state index in [1.165, 1.54) is 5.56 Å². The Balaban J connectivity index is 2.55. The summed E-state index contributed by atoms with van der Waals surface area (Å²) in [5, 5.41) is 8.96. The van der Waals surface area contributed by atoms with Crippen LogP contribution in [0.1, 0.15) is 51.6 Å². The molecule has 0 aliphatic heterocycles. The summed E-state index contributed by atoms with van der Waals surface area (Å²) in [6.45, 7) is 6.96. The maximum Gasteiger partial charge on any atom is 0.0684 e. The van der Waals surface area contributed by atoms with Crippen LogP contribution in [0.25, 0.3) is 0 Å². The minimum atomic E-state index is -0.254. The van der Waals surface area contributed by atoms with E-state index in [1.807, 2.05) is 13.8 Å². The lowest BCUT2D eigenvalue weighted by Gasteiger charge is -2.15. The molecule has 0 spiro atoms. The first-order valence-corrected chi connectivity index (χ1v) is 6.31. The molecule has 3 nitrogen and oxygen atoms in total. The van der Waals surface area contributed by atoms with Crippen LogP contribution < -0.4 is 5.73 Å². The highest BCUT2D eigenvalue weighted by Crippen LogP contribution is 2.21. The molecule has 1 heterocycles. The van der Waals surface area contributed by atoms with E-state index in [1.54, 1.807) is 0 Å². The van der Waals surface area contributed by atoms with E-state index in [0.29, 0.717) is 0 Å². The molecule has 1 unspecified atom stereocenters. The largest absolute Gasteiger partial charge is 0.354 e. The zero-order chi connectivity index (χ0) is 12.9. The molecule has 1 aromatic rings. The first kappa shape index (κ1) is 13.8. The Hall–Kier alpha value is -1.27. The van der Waals surface area contributed by atoms with E-state index in [-0.39, 0.29) is 11.5 Å². The van der Waals surface area contributed by atoms with E-state index in [9.17, 15) is 0 Å². The van der Waals surface area contributed by atoms with E-state index in [0.717, 1.165) is 25.8 Å². The van der Waals surface area contributed by atoms with Crippen molar-refractivity contribution in [3.05, 3.63) is 24.0 Å². The van der Waals surface area contributed by atoms with Gasteiger partial charge in [0.15, 0.2) is 0 Å². The smallest absolute Gasteiger partial charge is 0.0684 e. The third-order valence-electron chi connectivity index (χ3n) is 3.10. The Morgan fingerprint density at radius 3 is 2.82 bits per heavy atom. The van der Waals surface area contributed by atoms with E-state index in [4.69, 9.17) is 11.0 Å². The summed E-state index contributed by atoms with van der Waals surface area (Å²) in [5.41, 5.74) is 7.00. The summed E-state index contributed by atoms with van der Waals surface area (Å²) in [5.74, 6) is 0. The van der Waals surface area contributed by atoms with Crippen molar-refractivity contribution in [2.24, 2.45) is 11.1 Å². The minimum absolute atomic E-state index is 0.144. The van der Waals surface area contributed by atoms with Gasteiger partial charge in [-0.25, -0.2) is 0 Å². The first-order valence-electron chi connectivity index (χ1n) is 6.31. The van der Waals surface area contributed by atoms with Crippen molar-refractivity contribution in [3.63, 3.8) is 0 Å². The molecule has 0 aromatic carbocycles. The number of nitrogens with zero attached hydrogens (tertiary/aromatic N) is 2. The zero-order valence-electron chi connectivity index (χ0n) is 11.1. The molecule has 0 bridgehead atoms. The Morgan fingerprint density at radius 2 is 2.24 bits per heavy atom. The van der Waals surface area contributed by atoms with Gasteiger partial charge in [-0.15, -0.1) is 0 Å². The van der Waals surface area contributed by atoms with Gasteiger partial charge in [-0.3, -0.25) is 0 Å². The van der Waals surface area contributed by atoms with Crippen LogP contribution in [0.2, 0.25) is 0 Å². The molecular formula is C14H23N3. The number of hydrogen-bond acceptors (Lipinski definition) is 2. The van der Waals surface area contributed by atoms with E-state index in [2.05, 4.69) is 36.0 Å². The van der Waals surface area contributed by atoms with E-state index < -0.39 is 0 Å². The monoisotopic (exact) mass is 233 g/mol. The molecule has 1 atom stereocenters. The van der Waals surface area contributed by atoms with Crippen molar-refractivity contribution < 1.29 is 0 Å². The Labute approximate surface area is 104 Å². The predicted molar refractivity (Wildman–Crippen MR) is 70.3 cm³/mol. The molecule has 17 heavy (non-hydrogen) atoms. The second-order valence-corrected chi connectivity index (χ2v) is 5.32. The summed E-state index contributed by atoms with van der Waals surface area (Å²) in [6, 6.07) is 4.55. The summed E-state index contributed by atoms with van der Waals surface area (Å²) < 4.78 is 2.13. The summed E-state index contributed by atoms with van der Waals surface area (Å²) in [4.78, 5) is 0. The highest BCUT2D eigenvalue weighted by Gasteiger charge is 2.16. The molecule has 0 saturated heterocycles. The van der Waals surface area contributed by atoms with Crippen LogP contribution in [-0.2, 0) is 6.54 Å². The molecule has 0 amide bonds. The lowest BCUT2D eigenvalue weighted by atomic mass is 9.91. The van der Waals surface area contributed by atoms with Crippen molar-refractivity contribution in [1.29, 1.82) is 5.26 Å². The lowest BCUT2D eigenvalue weighted by molar-refractivity contribution is 0.413. The van der Waals surface area contributed by atoms with Crippen LogP contribution in [0.3, 0.4) is 0 Å². The fourth-order valence-corrected chi connectivity index (χ4v) is 1.76. The van der Waals surface area contributed by atoms with Gasteiger partial charge in [0.1, 0.15) is 0 Å². The van der Waals surface area contributed by atoms with Crippen molar-refractivity contribution in [1.82, 2.24) is 4.57 Å². The molecule has 1 rings (SSSR count). The topological polar surface area (TPSA) is 54.7 Å².